The topological polar surface area (TPSA) is 95.9 Å². The number of nitrogens with one attached hydrogen (secondary N) is 1. The molecule has 3 rings (SSSR count). The Hall–Kier alpha value is -0.800. The normalized spacial score (nSPS) is 36.9. The number of nitrogens with zero attached hydrogens (tertiary/aromatic N) is 1. The van der Waals surface area contributed by atoms with Crippen LogP contribution < -0.4 is 5.32 Å². The maximum Gasteiger partial charge on any atom is 0.310 e. The highest BCUT2D eigenvalue weighted by atomic mass is 79.9. The van der Waals surface area contributed by atoms with Crippen molar-refractivity contribution in [3.8, 4) is 0 Å². The third-order valence-corrected chi connectivity index (χ3v) is 9.33. The molecule has 2 amide bonds. The van der Waals surface area contributed by atoms with Gasteiger partial charge in [-0.25, -0.2) is 0 Å². The fourth-order valence-electron chi connectivity index (χ4n) is 5.12. The van der Waals surface area contributed by atoms with Crippen LogP contribution in [0.2, 0.25) is 0 Å². The molecule has 164 valence electrons. The van der Waals surface area contributed by atoms with E-state index in [9.17, 15) is 19.5 Å². The number of halogens is 1. The molecule has 29 heavy (non-hydrogen) atoms. The summed E-state index contributed by atoms with van der Waals surface area (Å²) in [6, 6.07) is -1.19. The van der Waals surface area contributed by atoms with Gasteiger partial charge in [0.05, 0.1) is 35.8 Å². The van der Waals surface area contributed by atoms with Crippen LogP contribution in [0, 0.1) is 11.8 Å². The van der Waals surface area contributed by atoms with Crippen molar-refractivity contribution in [2.75, 3.05) is 13.2 Å². The summed E-state index contributed by atoms with van der Waals surface area (Å²) in [5, 5.41) is 12.9. The summed E-state index contributed by atoms with van der Waals surface area (Å²) in [4.78, 5) is 41.5. The Morgan fingerprint density at radius 3 is 2.59 bits per heavy atom. The van der Waals surface area contributed by atoms with E-state index in [1.54, 1.807) is 23.6 Å². The number of aliphatic hydroxyl groups is 1. The highest BCUT2D eigenvalue weighted by molar-refractivity contribution is 9.09. The summed E-state index contributed by atoms with van der Waals surface area (Å²) < 4.78 is 4.61. The number of carbonyl (C=O) groups is 3. The van der Waals surface area contributed by atoms with E-state index in [1.165, 1.54) is 0 Å². The number of alkyl halides is 1. The summed E-state index contributed by atoms with van der Waals surface area (Å²) in [6.45, 7) is 9.37. The molecule has 3 unspecified atom stereocenters. The van der Waals surface area contributed by atoms with Crippen LogP contribution >= 0.6 is 27.7 Å². The van der Waals surface area contributed by atoms with Crippen molar-refractivity contribution >= 4 is 45.5 Å². The van der Waals surface area contributed by atoms with Crippen molar-refractivity contribution in [2.45, 2.75) is 79.9 Å². The van der Waals surface area contributed by atoms with Gasteiger partial charge in [-0.3, -0.25) is 14.4 Å². The first-order valence-electron chi connectivity index (χ1n) is 10.3. The van der Waals surface area contributed by atoms with Gasteiger partial charge in [-0.15, -0.1) is 11.8 Å². The van der Waals surface area contributed by atoms with E-state index < -0.39 is 34.2 Å². The Kier molecular flexibility index (Phi) is 6.34. The second-order valence-corrected chi connectivity index (χ2v) is 11.9. The summed E-state index contributed by atoms with van der Waals surface area (Å²) in [5.41, 5.74) is -0.461. The monoisotopic (exact) mass is 490 g/mol. The molecule has 0 saturated carbocycles. The molecule has 7 nitrogen and oxygen atoms in total. The number of amides is 2. The number of carbonyl (C=O) groups excluding carboxylic acids is 3. The molecule has 9 heteroatoms. The maximum absolute atomic E-state index is 13.6. The Morgan fingerprint density at radius 1 is 1.41 bits per heavy atom. The molecule has 7 atom stereocenters. The van der Waals surface area contributed by atoms with Crippen molar-refractivity contribution < 1.29 is 24.2 Å². The standard InChI is InChI=1S/C20H31BrN2O5S/c1-6-10(9-24)23-15(16(25)22-19(3,4)5)20-8-11(21)14(29-20)12(13(20)17(23)26)18(27)28-7-2/h10-15,24H,6-9H2,1-5H3,(H,22,25)/t10-,11?,12-,13-,14-,15?,20?/m0/s1. The van der Waals surface area contributed by atoms with Gasteiger partial charge in [0.25, 0.3) is 0 Å². The summed E-state index contributed by atoms with van der Waals surface area (Å²) in [6.07, 6.45) is 1.15. The predicted octanol–water partition coefficient (Wildman–Crippen LogP) is 1.70. The predicted molar refractivity (Wildman–Crippen MR) is 115 cm³/mol. The van der Waals surface area contributed by atoms with E-state index in [2.05, 4.69) is 21.2 Å². The molecule has 0 aromatic heterocycles. The first kappa shape index (κ1) is 22.9. The van der Waals surface area contributed by atoms with Crippen LogP contribution in [0.3, 0.4) is 0 Å². The van der Waals surface area contributed by atoms with Crippen LogP contribution in [0.4, 0.5) is 0 Å². The lowest BCUT2D eigenvalue weighted by atomic mass is 9.71. The first-order valence-corrected chi connectivity index (χ1v) is 12.1. The van der Waals surface area contributed by atoms with Crippen LogP contribution in [0.1, 0.15) is 47.5 Å². The lowest BCUT2D eigenvalue weighted by molar-refractivity contribution is -0.154. The van der Waals surface area contributed by atoms with E-state index >= 15 is 0 Å². The third kappa shape index (κ3) is 3.61. The van der Waals surface area contributed by atoms with Crippen molar-refractivity contribution in [1.29, 1.82) is 0 Å². The molecule has 2 N–H and O–H groups in total. The van der Waals surface area contributed by atoms with Gasteiger partial charge in [-0.05, 0) is 40.5 Å². The van der Waals surface area contributed by atoms with Gasteiger partial charge in [0.15, 0.2) is 0 Å². The van der Waals surface area contributed by atoms with Crippen molar-refractivity contribution in [2.24, 2.45) is 11.8 Å². The number of thioether (sulfide) groups is 1. The van der Waals surface area contributed by atoms with Crippen LogP contribution in [-0.2, 0) is 19.1 Å². The number of likely N-dealkylation sites (tertiary alicyclic amines) is 1. The Labute approximate surface area is 184 Å². The van der Waals surface area contributed by atoms with Gasteiger partial charge in [0.1, 0.15) is 6.04 Å². The third-order valence-electron chi connectivity index (χ3n) is 6.11. The quantitative estimate of drug-likeness (QED) is 0.434. The Morgan fingerprint density at radius 2 is 2.07 bits per heavy atom. The van der Waals surface area contributed by atoms with Crippen molar-refractivity contribution in [3.05, 3.63) is 0 Å². The van der Waals surface area contributed by atoms with Gasteiger partial charge < -0.3 is 20.1 Å². The molecule has 3 saturated heterocycles. The molecule has 0 aromatic carbocycles. The number of esters is 1. The molecule has 3 aliphatic heterocycles. The molecular weight excluding hydrogens is 460 g/mol. The molecule has 3 fully saturated rings. The Bertz CT molecular complexity index is 695. The number of aliphatic hydroxyl groups excluding tert-OH is 1. The fraction of sp³-hybridized carbons (Fsp3) is 0.850. The van der Waals surface area contributed by atoms with Crippen LogP contribution in [-0.4, -0.2) is 73.5 Å². The largest absolute Gasteiger partial charge is 0.466 e. The highest BCUT2D eigenvalue weighted by Crippen LogP contribution is 2.68. The zero-order valence-corrected chi connectivity index (χ0v) is 20.0. The minimum Gasteiger partial charge on any atom is -0.466 e. The molecule has 0 radical (unpaired) electrons. The lowest BCUT2D eigenvalue weighted by Crippen LogP contribution is -2.59. The van der Waals surface area contributed by atoms with E-state index in [4.69, 9.17) is 4.74 Å². The minimum absolute atomic E-state index is 0.0186. The van der Waals surface area contributed by atoms with E-state index in [0.717, 1.165) is 0 Å². The number of rotatable bonds is 6. The van der Waals surface area contributed by atoms with E-state index in [0.29, 0.717) is 12.8 Å². The van der Waals surface area contributed by atoms with Gasteiger partial charge >= 0.3 is 5.97 Å². The SMILES string of the molecule is CCOC(=O)[C@H]1[C@H]2C(=O)N([C@@H](CC)CO)C(C(=O)NC(C)(C)C)C23CC(Br)[C@@H]1S3. The summed E-state index contributed by atoms with van der Waals surface area (Å²) in [5.74, 6) is -2.01. The fourth-order valence-corrected chi connectivity index (χ4v) is 8.71. The van der Waals surface area contributed by atoms with Gasteiger partial charge in [0.2, 0.25) is 11.8 Å². The smallest absolute Gasteiger partial charge is 0.310 e. The Balaban J connectivity index is 2.08. The zero-order chi connectivity index (χ0) is 21.7. The average Bonchev–Trinajstić information content (AvgIpc) is 3.19. The minimum atomic E-state index is -0.731. The number of fused-ring (bicyclic) bond motifs is 1. The highest BCUT2D eigenvalue weighted by Gasteiger charge is 2.76. The number of ether oxygens (including phenoxy) is 1. The summed E-state index contributed by atoms with van der Waals surface area (Å²) >= 11 is 5.27. The molecule has 0 aromatic rings. The molecule has 2 bridgehead atoms. The van der Waals surface area contributed by atoms with Crippen LogP contribution in [0.25, 0.3) is 0 Å². The summed E-state index contributed by atoms with van der Waals surface area (Å²) in [7, 11) is 0. The van der Waals surface area contributed by atoms with Crippen molar-refractivity contribution in [1.82, 2.24) is 10.2 Å². The number of hydrogen-bond donors (Lipinski definition) is 2. The van der Waals surface area contributed by atoms with Gasteiger partial charge in [-0.2, -0.15) is 0 Å². The first-order chi connectivity index (χ1) is 13.5. The lowest BCUT2D eigenvalue weighted by Gasteiger charge is -2.38. The number of hydrogen-bond acceptors (Lipinski definition) is 6. The van der Waals surface area contributed by atoms with E-state index in [-0.39, 0.29) is 41.1 Å². The molecule has 3 aliphatic rings. The van der Waals surface area contributed by atoms with Gasteiger partial charge in [0, 0.05) is 15.6 Å². The van der Waals surface area contributed by atoms with Crippen LogP contribution in [0.5, 0.6) is 0 Å². The van der Waals surface area contributed by atoms with Crippen LogP contribution in [0.15, 0.2) is 0 Å². The maximum atomic E-state index is 13.6. The second-order valence-electron chi connectivity index (χ2n) is 9.14. The van der Waals surface area contributed by atoms with E-state index in [1.807, 2.05) is 27.7 Å². The molecule has 0 aliphatic carbocycles. The van der Waals surface area contributed by atoms with Gasteiger partial charge in [-0.1, -0.05) is 22.9 Å². The average molecular weight is 491 g/mol. The second kappa shape index (κ2) is 8.04. The molecular formula is C20H31BrN2O5S. The molecule has 1 spiro atoms. The zero-order valence-electron chi connectivity index (χ0n) is 17.6. The molecule has 3 heterocycles. The van der Waals surface area contributed by atoms with Crippen molar-refractivity contribution in [3.63, 3.8) is 0 Å².